The van der Waals surface area contributed by atoms with Gasteiger partial charge in [-0.1, -0.05) is 35.5 Å². The first-order valence-corrected chi connectivity index (χ1v) is 9.71. The van der Waals surface area contributed by atoms with E-state index in [0.29, 0.717) is 31.1 Å². The average molecular weight is 367 g/mol. The predicted molar refractivity (Wildman–Crippen MR) is 99.7 cm³/mol. The molecule has 0 radical (unpaired) electrons. The number of hydrogen-bond acceptors (Lipinski definition) is 4. The molecule has 142 valence electrons. The summed E-state index contributed by atoms with van der Waals surface area (Å²) in [4.78, 5) is 26.7. The molecular weight excluding hydrogens is 342 g/mol. The number of amides is 2. The number of hydrogen-bond donors (Lipinski definition) is 1. The summed E-state index contributed by atoms with van der Waals surface area (Å²) < 4.78 is 1.69. The molecule has 0 unspecified atom stereocenters. The molecule has 0 bridgehead atoms. The molecule has 27 heavy (non-hydrogen) atoms. The second-order valence-corrected chi connectivity index (χ2v) is 7.52. The minimum atomic E-state index is -0.238. The van der Waals surface area contributed by atoms with E-state index in [1.54, 1.807) is 10.9 Å². The van der Waals surface area contributed by atoms with Gasteiger partial charge in [-0.2, -0.15) is 0 Å². The van der Waals surface area contributed by atoms with Crippen LogP contribution in [0.5, 0.6) is 0 Å². The SMILES string of the molecule is O=C(NCc1ccccc1)c1cn(C[C@@H]2CCCN2C(=O)CC2CC2)nn1. The predicted octanol–water partition coefficient (Wildman–Crippen LogP) is 2.00. The molecule has 1 aromatic heterocycles. The standard InChI is InChI=1S/C20H25N5O2/c26-19(11-15-8-9-15)25-10-4-7-17(25)13-24-14-18(22-23-24)20(27)21-12-16-5-2-1-3-6-16/h1-3,5-6,14-15,17H,4,7-13H2,(H,21,27)/t17-/m0/s1. The van der Waals surface area contributed by atoms with Crippen molar-refractivity contribution >= 4 is 11.8 Å². The molecule has 1 saturated heterocycles. The molecule has 2 heterocycles. The van der Waals surface area contributed by atoms with Crippen LogP contribution in [-0.4, -0.2) is 44.3 Å². The quantitative estimate of drug-likeness (QED) is 0.812. The van der Waals surface area contributed by atoms with Gasteiger partial charge >= 0.3 is 0 Å². The molecule has 1 saturated carbocycles. The molecule has 1 aliphatic heterocycles. The van der Waals surface area contributed by atoms with Crippen LogP contribution < -0.4 is 5.32 Å². The Balaban J connectivity index is 1.31. The molecule has 1 atom stereocenters. The second kappa shape index (κ2) is 7.90. The van der Waals surface area contributed by atoms with Gasteiger partial charge < -0.3 is 10.2 Å². The first kappa shape index (κ1) is 17.7. The zero-order valence-corrected chi connectivity index (χ0v) is 15.4. The minimum Gasteiger partial charge on any atom is -0.347 e. The maximum atomic E-state index is 12.4. The first-order chi connectivity index (χ1) is 13.2. The first-order valence-electron chi connectivity index (χ1n) is 9.71. The van der Waals surface area contributed by atoms with Crippen molar-refractivity contribution in [2.45, 2.75) is 51.2 Å². The van der Waals surface area contributed by atoms with Crippen LogP contribution in [0.25, 0.3) is 0 Å². The molecule has 4 rings (SSSR count). The van der Waals surface area contributed by atoms with E-state index in [9.17, 15) is 9.59 Å². The number of likely N-dealkylation sites (tertiary alicyclic amines) is 1. The normalized spacial score (nSPS) is 19.3. The number of benzene rings is 1. The number of carbonyl (C=O) groups excluding carboxylic acids is 2. The highest BCUT2D eigenvalue weighted by Gasteiger charge is 2.33. The summed E-state index contributed by atoms with van der Waals surface area (Å²) in [6.45, 7) is 1.88. The van der Waals surface area contributed by atoms with Gasteiger partial charge in [-0.25, -0.2) is 4.68 Å². The number of rotatable bonds is 7. The topological polar surface area (TPSA) is 80.1 Å². The summed E-state index contributed by atoms with van der Waals surface area (Å²) in [5.74, 6) is 0.629. The van der Waals surface area contributed by atoms with Gasteiger partial charge in [0.25, 0.3) is 5.91 Å². The van der Waals surface area contributed by atoms with Crippen molar-refractivity contribution < 1.29 is 9.59 Å². The zero-order chi connectivity index (χ0) is 18.6. The smallest absolute Gasteiger partial charge is 0.273 e. The van der Waals surface area contributed by atoms with Gasteiger partial charge in [0.15, 0.2) is 5.69 Å². The van der Waals surface area contributed by atoms with Crippen LogP contribution in [0.3, 0.4) is 0 Å². The van der Waals surface area contributed by atoms with Crippen molar-refractivity contribution in [2.75, 3.05) is 6.54 Å². The van der Waals surface area contributed by atoms with Crippen molar-refractivity contribution in [2.24, 2.45) is 5.92 Å². The molecule has 1 aliphatic carbocycles. The van der Waals surface area contributed by atoms with E-state index in [4.69, 9.17) is 0 Å². The number of nitrogens with one attached hydrogen (secondary N) is 1. The third-order valence-corrected chi connectivity index (χ3v) is 5.32. The average Bonchev–Trinajstić information content (AvgIpc) is 3.18. The molecule has 7 heteroatoms. The molecular formula is C20H25N5O2. The Morgan fingerprint density at radius 1 is 1.15 bits per heavy atom. The largest absolute Gasteiger partial charge is 0.347 e. The van der Waals surface area contributed by atoms with Crippen molar-refractivity contribution in [3.63, 3.8) is 0 Å². The second-order valence-electron chi connectivity index (χ2n) is 7.52. The Morgan fingerprint density at radius 2 is 1.96 bits per heavy atom. The highest BCUT2D eigenvalue weighted by Crippen LogP contribution is 2.34. The van der Waals surface area contributed by atoms with Crippen LogP contribution in [0.2, 0.25) is 0 Å². The lowest BCUT2D eigenvalue weighted by Crippen LogP contribution is -2.38. The molecule has 2 aromatic rings. The van der Waals surface area contributed by atoms with Crippen LogP contribution in [0.1, 0.15) is 48.2 Å². The maximum absolute atomic E-state index is 12.4. The minimum absolute atomic E-state index is 0.151. The molecule has 2 aliphatic rings. The lowest BCUT2D eigenvalue weighted by Gasteiger charge is -2.24. The van der Waals surface area contributed by atoms with Gasteiger partial charge in [0.2, 0.25) is 5.91 Å². The van der Waals surface area contributed by atoms with Gasteiger partial charge in [-0.05, 0) is 37.2 Å². The number of carbonyl (C=O) groups is 2. The van der Waals surface area contributed by atoms with Crippen molar-refractivity contribution in [3.8, 4) is 0 Å². The Morgan fingerprint density at radius 3 is 2.74 bits per heavy atom. The number of nitrogens with zero attached hydrogens (tertiary/aromatic N) is 4. The highest BCUT2D eigenvalue weighted by molar-refractivity contribution is 5.91. The Hall–Kier alpha value is -2.70. The van der Waals surface area contributed by atoms with E-state index in [0.717, 1.165) is 24.9 Å². The van der Waals surface area contributed by atoms with Crippen molar-refractivity contribution in [1.29, 1.82) is 0 Å². The fourth-order valence-electron chi connectivity index (χ4n) is 3.62. The van der Waals surface area contributed by atoms with E-state index in [2.05, 4.69) is 15.6 Å². The summed E-state index contributed by atoms with van der Waals surface area (Å²) in [6, 6.07) is 9.90. The highest BCUT2D eigenvalue weighted by atomic mass is 16.2. The van der Waals surface area contributed by atoms with Gasteiger partial charge in [0, 0.05) is 19.5 Å². The van der Waals surface area contributed by atoms with Crippen LogP contribution in [0.15, 0.2) is 36.5 Å². The molecule has 1 N–H and O–H groups in total. The summed E-state index contributed by atoms with van der Waals surface area (Å²) in [7, 11) is 0. The molecule has 2 amide bonds. The molecule has 7 nitrogen and oxygen atoms in total. The van der Waals surface area contributed by atoms with E-state index < -0.39 is 0 Å². The van der Waals surface area contributed by atoms with Crippen LogP contribution in [-0.2, 0) is 17.9 Å². The van der Waals surface area contributed by atoms with E-state index in [1.165, 1.54) is 12.8 Å². The van der Waals surface area contributed by atoms with E-state index >= 15 is 0 Å². The van der Waals surface area contributed by atoms with Gasteiger partial charge in [0.1, 0.15) is 0 Å². The Bertz CT molecular complexity index is 800. The number of aromatic nitrogens is 3. The Labute approximate surface area is 158 Å². The third-order valence-electron chi connectivity index (χ3n) is 5.32. The van der Waals surface area contributed by atoms with E-state index in [1.807, 2.05) is 35.2 Å². The van der Waals surface area contributed by atoms with Gasteiger partial charge in [-0.3, -0.25) is 9.59 Å². The lowest BCUT2D eigenvalue weighted by molar-refractivity contribution is -0.132. The van der Waals surface area contributed by atoms with Crippen molar-refractivity contribution in [3.05, 3.63) is 47.8 Å². The van der Waals surface area contributed by atoms with Gasteiger partial charge in [0.05, 0.1) is 18.8 Å². The summed E-state index contributed by atoms with van der Waals surface area (Å²) in [5.41, 5.74) is 1.34. The summed E-state index contributed by atoms with van der Waals surface area (Å²) >= 11 is 0. The van der Waals surface area contributed by atoms with E-state index in [-0.39, 0.29) is 17.9 Å². The fourth-order valence-corrected chi connectivity index (χ4v) is 3.62. The monoisotopic (exact) mass is 367 g/mol. The lowest BCUT2D eigenvalue weighted by atomic mass is 10.2. The molecule has 1 aromatic carbocycles. The fraction of sp³-hybridized carbons (Fsp3) is 0.500. The maximum Gasteiger partial charge on any atom is 0.273 e. The van der Waals surface area contributed by atoms with Crippen LogP contribution >= 0.6 is 0 Å². The third kappa shape index (κ3) is 4.53. The molecule has 0 spiro atoms. The Kier molecular flexibility index (Phi) is 5.18. The zero-order valence-electron chi connectivity index (χ0n) is 15.4. The summed E-state index contributed by atoms with van der Waals surface area (Å²) in [6.07, 6.45) is 6.73. The molecule has 2 fully saturated rings. The summed E-state index contributed by atoms with van der Waals surface area (Å²) in [5, 5.41) is 10.9. The van der Waals surface area contributed by atoms with Crippen LogP contribution in [0, 0.1) is 5.92 Å². The van der Waals surface area contributed by atoms with Gasteiger partial charge in [-0.15, -0.1) is 5.10 Å². The van der Waals surface area contributed by atoms with Crippen LogP contribution in [0.4, 0.5) is 0 Å². The van der Waals surface area contributed by atoms with Crippen molar-refractivity contribution in [1.82, 2.24) is 25.2 Å².